The lowest BCUT2D eigenvalue weighted by Gasteiger charge is -2.39. The van der Waals surface area contributed by atoms with Gasteiger partial charge in [0.05, 0.1) is 24.8 Å². The van der Waals surface area contributed by atoms with Crippen LogP contribution in [0.2, 0.25) is 0 Å². The highest BCUT2D eigenvalue weighted by Gasteiger charge is 2.45. The summed E-state index contributed by atoms with van der Waals surface area (Å²) >= 11 is 0. The lowest BCUT2D eigenvalue weighted by atomic mass is 9.99. The Morgan fingerprint density at radius 2 is 1.74 bits per heavy atom. The van der Waals surface area contributed by atoms with Crippen molar-refractivity contribution in [2.75, 3.05) is 13.7 Å². The maximum Gasteiger partial charge on any atom is 0.260 e. The van der Waals surface area contributed by atoms with Crippen molar-refractivity contribution in [3.05, 3.63) is 58.9 Å². The van der Waals surface area contributed by atoms with Crippen LogP contribution in [0.4, 0.5) is 0 Å². The number of hydrogen-bond acceptors (Lipinski definition) is 8. The number of fused-ring (bicyclic) bond motifs is 1. The molecule has 5 N–H and O–H groups in total. The first-order chi connectivity index (χ1) is 15.0. The molecule has 0 unspecified atom stereocenters. The van der Waals surface area contributed by atoms with Crippen molar-refractivity contribution < 1.29 is 34.6 Å². The fourth-order valence-corrected chi connectivity index (χ4v) is 3.70. The Hall–Kier alpha value is -2.95. The van der Waals surface area contributed by atoms with Crippen LogP contribution in [0.15, 0.2) is 53.3 Å². The monoisotopic (exact) mass is 429 g/mol. The third kappa shape index (κ3) is 3.78. The van der Waals surface area contributed by atoms with E-state index in [4.69, 9.17) is 14.2 Å². The molecule has 1 aliphatic heterocycles. The summed E-state index contributed by atoms with van der Waals surface area (Å²) in [5.74, 6) is 0.515. The molecule has 9 heteroatoms. The number of nitrogens with one attached hydrogen (secondary N) is 1. The molecule has 1 aromatic heterocycles. The third-order valence-corrected chi connectivity index (χ3v) is 5.33. The second kappa shape index (κ2) is 8.66. The average molecular weight is 429 g/mol. The molecule has 0 bridgehead atoms. The number of pyridine rings is 1. The van der Waals surface area contributed by atoms with E-state index in [0.29, 0.717) is 22.2 Å². The van der Waals surface area contributed by atoms with Gasteiger partial charge in [0.1, 0.15) is 35.9 Å². The van der Waals surface area contributed by atoms with Crippen LogP contribution >= 0.6 is 0 Å². The molecule has 0 radical (unpaired) electrons. The van der Waals surface area contributed by atoms with Gasteiger partial charge in [-0.2, -0.15) is 0 Å². The van der Waals surface area contributed by atoms with Crippen LogP contribution in [0.5, 0.6) is 11.5 Å². The lowest BCUT2D eigenvalue weighted by molar-refractivity contribution is -0.277. The van der Waals surface area contributed by atoms with E-state index >= 15 is 0 Å². The number of aromatic amines is 1. The van der Waals surface area contributed by atoms with Gasteiger partial charge >= 0.3 is 0 Å². The van der Waals surface area contributed by atoms with Crippen LogP contribution in [0.3, 0.4) is 0 Å². The first-order valence-corrected chi connectivity index (χ1v) is 9.71. The third-order valence-electron chi connectivity index (χ3n) is 5.33. The van der Waals surface area contributed by atoms with Gasteiger partial charge in [0, 0.05) is 5.39 Å². The molecule has 1 fully saturated rings. The Morgan fingerprint density at radius 3 is 2.42 bits per heavy atom. The zero-order valence-electron chi connectivity index (χ0n) is 16.6. The Labute approximate surface area is 177 Å². The number of benzene rings is 2. The minimum atomic E-state index is -1.62. The maximum absolute atomic E-state index is 13.1. The van der Waals surface area contributed by atoms with E-state index in [1.54, 1.807) is 48.5 Å². The van der Waals surface area contributed by atoms with Crippen molar-refractivity contribution in [2.24, 2.45) is 0 Å². The molecule has 164 valence electrons. The van der Waals surface area contributed by atoms with E-state index in [1.807, 2.05) is 0 Å². The number of hydrogen-bond donors (Lipinski definition) is 5. The molecule has 3 aromatic rings. The minimum Gasteiger partial charge on any atom is -0.495 e. The summed E-state index contributed by atoms with van der Waals surface area (Å²) in [5, 5.41) is 40.5. The van der Waals surface area contributed by atoms with Crippen LogP contribution in [-0.2, 0) is 4.74 Å². The zero-order chi connectivity index (χ0) is 22.1. The van der Waals surface area contributed by atoms with Gasteiger partial charge in [0.15, 0.2) is 0 Å². The summed E-state index contributed by atoms with van der Waals surface area (Å²) in [6.07, 6.45) is -7.36. The van der Waals surface area contributed by atoms with Crippen molar-refractivity contribution >= 4 is 10.9 Å². The van der Waals surface area contributed by atoms with E-state index in [-0.39, 0.29) is 11.3 Å². The minimum absolute atomic E-state index is 0.105. The van der Waals surface area contributed by atoms with E-state index in [9.17, 15) is 25.2 Å². The molecule has 9 nitrogen and oxygen atoms in total. The van der Waals surface area contributed by atoms with Crippen LogP contribution < -0.4 is 15.0 Å². The summed E-state index contributed by atoms with van der Waals surface area (Å²) < 4.78 is 16.8. The Bertz CT molecular complexity index is 1110. The van der Waals surface area contributed by atoms with Crippen molar-refractivity contribution in [1.29, 1.82) is 0 Å². The van der Waals surface area contributed by atoms with Gasteiger partial charge in [0.25, 0.3) is 5.56 Å². The summed E-state index contributed by atoms with van der Waals surface area (Å²) in [6.45, 7) is -0.597. The normalized spacial score (nSPS) is 26.0. The molecule has 0 amide bonds. The zero-order valence-corrected chi connectivity index (χ0v) is 16.6. The second-order valence-corrected chi connectivity index (χ2v) is 7.22. The predicted octanol–water partition coefficient (Wildman–Crippen LogP) is 0.382. The average Bonchev–Trinajstić information content (AvgIpc) is 2.79. The van der Waals surface area contributed by atoms with Gasteiger partial charge in [-0.05, 0) is 17.7 Å². The fourth-order valence-electron chi connectivity index (χ4n) is 3.70. The molecule has 1 aliphatic rings. The van der Waals surface area contributed by atoms with E-state index in [0.717, 1.165) is 0 Å². The molecule has 0 saturated carbocycles. The van der Waals surface area contributed by atoms with Gasteiger partial charge in [-0.15, -0.1) is 0 Å². The Kier molecular flexibility index (Phi) is 5.94. The van der Waals surface area contributed by atoms with Gasteiger partial charge in [-0.1, -0.05) is 36.4 Å². The summed E-state index contributed by atoms with van der Waals surface area (Å²) in [5.41, 5.74) is 0.684. The lowest BCUT2D eigenvalue weighted by Crippen LogP contribution is -2.60. The van der Waals surface area contributed by atoms with Crippen molar-refractivity contribution in [3.8, 4) is 22.6 Å². The molecule has 5 atom stereocenters. The molecule has 0 aliphatic carbocycles. The molecule has 2 heterocycles. The molecular weight excluding hydrogens is 406 g/mol. The van der Waals surface area contributed by atoms with Gasteiger partial charge in [0.2, 0.25) is 6.29 Å². The summed E-state index contributed by atoms with van der Waals surface area (Å²) in [6, 6.07) is 13.9. The molecule has 31 heavy (non-hydrogen) atoms. The Morgan fingerprint density at radius 1 is 1.00 bits per heavy atom. The number of ether oxygens (including phenoxy) is 3. The maximum atomic E-state index is 13.1. The summed E-state index contributed by atoms with van der Waals surface area (Å²) in [4.78, 5) is 15.9. The molecule has 2 aromatic carbocycles. The second-order valence-electron chi connectivity index (χ2n) is 7.22. The van der Waals surface area contributed by atoms with Crippen molar-refractivity contribution in [1.82, 2.24) is 4.98 Å². The smallest absolute Gasteiger partial charge is 0.260 e. The standard InChI is InChI=1S/C22H23NO8/c1-29-13-9-5-8-12-16(13)23-21(28)15(11-6-3-2-4-7-11)20(12)31-22-19(27)18(26)17(25)14(10-24)30-22/h2-9,14,17-19,22,24-27H,10H2,1H3,(H,23,28)/t14-,17-,18+,19-,22+/m1/s1. The molecule has 0 spiro atoms. The topological polar surface area (TPSA) is 141 Å². The van der Waals surface area contributed by atoms with E-state index in [2.05, 4.69) is 4.98 Å². The highest BCUT2D eigenvalue weighted by molar-refractivity contribution is 5.95. The largest absolute Gasteiger partial charge is 0.495 e. The van der Waals surface area contributed by atoms with E-state index in [1.165, 1.54) is 7.11 Å². The number of aromatic nitrogens is 1. The highest BCUT2D eigenvalue weighted by atomic mass is 16.7. The van der Waals surface area contributed by atoms with E-state index < -0.39 is 42.9 Å². The van der Waals surface area contributed by atoms with Crippen LogP contribution in [0, 0.1) is 0 Å². The quantitative estimate of drug-likeness (QED) is 0.392. The van der Waals surface area contributed by atoms with Crippen LogP contribution in [0.1, 0.15) is 0 Å². The number of rotatable bonds is 5. The number of methoxy groups -OCH3 is 1. The number of H-pyrrole nitrogens is 1. The van der Waals surface area contributed by atoms with Crippen LogP contribution in [-0.4, -0.2) is 69.8 Å². The number of aliphatic hydroxyl groups excluding tert-OH is 4. The molecular formula is C22H23NO8. The first kappa shape index (κ1) is 21.3. The van der Waals surface area contributed by atoms with Crippen molar-refractivity contribution in [3.63, 3.8) is 0 Å². The van der Waals surface area contributed by atoms with Crippen LogP contribution in [0.25, 0.3) is 22.0 Å². The fraction of sp³-hybridized carbons (Fsp3) is 0.318. The number of aliphatic hydroxyl groups is 4. The SMILES string of the molecule is COc1cccc2c(O[C@@H]3O[C@H](CO)[C@@H](O)[C@H](O)[C@H]3O)c(-c3ccccc3)c(=O)[nH]c12. The number of para-hydroxylation sites is 1. The van der Waals surface area contributed by atoms with Gasteiger partial charge < -0.3 is 39.6 Å². The Balaban J connectivity index is 1.90. The predicted molar refractivity (Wildman–Crippen MR) is 111 cm³/mol. The van der Waals surface area contributed by atoms with Crippen molar-refractivity contribution in [2.45, 2.75) is 30.7 Å². The summed E-state index contributed by atoms with van der Waals surface area (Å²) in [7, 11) is 1.47. The molecule has 4 rings (SSSR count). The van der Waals surface area contributed by atoms with Gasteiger partial charge in [-0.3, -0.25) is 4.79 Å². The van der Waals surface area contributed by atoms with Gasteiger partial charge in [-0.25, -0.2) is 0 Å². The first-order valence-electron chi connectivity index (χ1n) is 9.71. The molecule has 1 saturated heterocycles. The highest BCUT2D eigenvalue weighted by Crippen LogP contribution is 2.38.